The summed E-state index contributed by atoms with van der Waals surface area (Å²) in [5.41, 5.74) is -0.275. The summed E-state index contributed by atoms with van der Waals surface area (Å²) in [6, 6.07) is 9.72. The monoisotopic (exact) mass is 318 g/mol. The van der Waals surface area contributed by atoms with Gasteiger partial charge in [-0.1, -0.05) is 37.3 Å². The maximum Gasteiger partial charge on any atom is 0.252 e. The van der Waals surface area contributed by atoms with E-state index in [4.69, 9.17) is 0 Å². The van der Waals surface area contributed by atoms with E-state index < -0.39 is 5.60 Å². The van der Waals surface area contributed by atoms with Crippen LogP contribution in [0.2, 0.25) is 0 Å². The lowest BCUT2D eigenvalue weighted by Crippen LogP contribution is -2.46. The summed E-state index contributed by atoms with van der Waals surface area (Å²) in [4.78, 5) is 16.6. The van der Waals surface area contributed by atoms with Crippen LogP contribution in [0.3, 0.4) is 0 Å². The summed E-state index contributed by atoms with van der Waals surface area (Å²) in [5.74, 6) is -0.342. The Hall–Kier alpha value is -1.72. The molecule has 1 heterocycles. The molecule has 0 aliphatic carbocycles. The molecule has 1 aromatic heterocycles. The molecule has 0 unspecified atom stereocenters. The zero-order valence-electron chi connectivity index (χ0n) is 13.0. The van der Waals surface area contributed by atoms with Crippen molar-refractivity contribution in [3.8, 4) is 0 Å². The highest BCUT2D eigenvalue weighted by Gasteiger charge is 2.31. The molecule has 2 atom stereocenters. The molecule has 0 aliphatic rings. The van der Waals surface area contributed by atoms with E-state index in [0.29, 0.717) is 12.8 Å². The molecule has 0 bridgehead atoms. The molecule has 118 valence electrons. The van der Waals surface area contributed by atoms with E-state index in [9.17, 15) is 9.90 Å². The summed E-state index contributed by atoms with van der Waals surface area (Å²) >= 11 is 1.51. The number of carbonyl (C=O) groups excluding carboxylic acids is 1. The zero-order chi connectivity index (χ0) is 16.0. The lowest BCUT2D eigenvalue weighted by Gasteiger charge is -2.25. The van der Waals surface area contributed by atoms with Crippen LogP contribution in [0, 0.1) is 0 Å². The van der Waals surface area contributed by atoms with Crippen molar-refractivity contribution in [2.24, 2.45) is 0 Å². The quantitative estimate of drug-likeness (QED) is 0.824. The van der Waals surface area contributed by atoms with Crippen molar-refractivity contribution >= 4 is 17.2 Å². The number of aromatic nitrogens is 1. The van der Waals surface area contributed by atoms with Gasteiger partial charge in [-0.3, -0.25) is 4.79 Å². The van der Waals surface area contributed by atoms with E-state index in [1.54, 1.807) is 13.1 Å². The van der Waals surface area contributed by atoms with Gasteiger partial charge in [0.05, 0.1) is 6.04 Å². The summed E-state index contributed by atoms with van der Waals surface area (Å²) in [6.45, 7) is 3.56. The third-order valence-corrected chi connectivity index (χ3v) is 4.58. The van der Waals surface area contributed by atoms with Gasteiger partial charge in [-0.05, 0) is 31.7 Å². The van der Waals surface area contributed by atoms with E-state index in [0.717, 1.165) is 17.0 Å². The van der Waals surface area contributed by atoms with Crippen LogP contribution >= 0.6 is 11.3 Å². The molecule has 4 nitrogen and oxygen atoms in total. The normalized spacial score (nSPS) is 15.0. The minimum atomic E-state index is -1.39. The molecule has 5 heteroatoms. The second kappa shape index (κ2) is 7.51. The van der Waals surface area contributed by atoms with Crippen LogP contribution in [0.4, 0.5) is 0 Å². The minimum Gasteiger partial charge on any atom is -0.380 e. The number of hydrogen-bond donors (Lipinski definition) is 2. The third kappa shape index (κ3) is 4.39. The van der Waals surface area contributed by atoms with Crippen molar-refractivity contribution in [2.75, 3.05) is 0 Å². The molecule has 0 fully saturated rings. The Morgan fingerprint density at radius 1 is 1.41 bits per heavy atom. The molecule has 0 saturated carbocycles. The molecular weight excluding hydrogens is 296 g/mol. The predicted octanol–water partition coefficient (Wildman–Crippen LogP) is 3.09. The first-order valence-electron chi connectivity index (χ1n) is 7.49. The highest BCUT2D eigenvalue weighted by molar-refractivity contribution is 7.09. The van der Waals surface area contributed by atoms with Crippen molar-refractivity contribution in [3.05, 3.63) is 52.5 Å². The van der Waals surface area contributed by atoms with Gasteiger partial charge in [0.25, 0.3) is 5.91 Å². The average molecular weight is 318 g/mol. The molecule has 0 aliphatic heterocycles. The fourth-order valence-corrected chi connectivity index (χ4v) is 2.98. The van der Waals surface area contributed by atoms with Crippen molar-refractivity contribution in [1.29, 1.82) is 0 Å². The van der Waals surface area contributed by atoms with E-state index in [2.05, 4.69) is 10.3 Å². The molecule has 2 rings (SSSR count). The molecule has 0 radical (unpaired) electrons. The van der Waals surface area contributed by atoms with Gasteiger partial charge < -0.3 is 10.4 Å². The van der Waals surface area contributed by atoms with Gasteiger partial charge in [-0.25, -0.2) is 4.98 Å². The van der Waals surface area contributed by atoms with Crippen LogP contribution < -0.4 is 5.32 Å². The second-order valence-corrected chi connectivity index (χ2v) is 6.49. The van der Waals surface area contributed by atoms with Crippen LogP contribution in [-0.2, 0) is 11.2 Å². The predicted molar refractivity (Wildman–Crippen MR) is 88.7 cm³/mol. The van der Waals surface area contributed by atoms with Gasteiger partial charge in [-0.2, -0.15) is 0 Å². The van der Waals surface area contributed by atoms with Gasteiger partial charge in [0, 0.05) is 11.6 Å². The van der Waals surface area contributed by atoms with Crippen LogP contribution in [0.1, 0.15) is 43.3 Å². The van der Waals surface area contributed by atoms with Gasteiger partial charge in [-0.15, -0.1) is 11.3 Å². The number of nitrogens with one attached hydrogen (secondary N) is 1. The van der Waals surface area contributed by atoms with Crippen molar-refractivity contribution < 1.29 is 9.90 Å². The van der Waals surface area contributed by atoms with Gasteiger partial charge in [0.1, 0.15) is 10.6 Å². The number of rotatable bonds is 7. The SMILES string of the molecule is CC[C@@H](NC(=O)[C@@](C)(O)CCc1ccccc1)c1nccs1. The minimum absolute atomic E-state index is 0.143. The van der Waals surface area contributed by atoms with Crippen molar-refractivity contribution in [2.45, 2.75) is 44.8 Å². The summed E-state index contributed by atoms with van der Waals surface area (Å²) in [6.07, 6.45) is 3.52. The number of aliphatic hydroxyl groups is 1. The first-order valence-corrected chi connectivity index (χ1v) is 8.37. The largest absolute Gasteiger partial charge is 0.380 e. The van der Waals surface area contributed by atoms with Crippen LogP contribution in [0.5, 0.6) is 0 Å². The lowest BCUT2D eigenvalue weighted by molar-refractivity contribution is -0.139. The molecule has 0 saturated heterocycles. The molecular formula is C17H22N2O2S. The maximum atomic E-state index is 12.4. The Labute approximate surface area is 135 Å². The number of amides is 1. The van der Waals surface area contributed by atoms with E-state index >= 15 is 0 Å². The summed E-state index contributed by atoms with van der Waals surface area (Å²) < 4.78 is 0. The number of benzene rings is 1. The van der Waals surface area contributed by atoms with Crippen LogP contribution in [0.15, 0.2) is 41.9 Å². The first-order chi connectivity index (χ1) is 10.5. The molecule has 22 heavy (non-hydrogen) atoms. The molecule has 0 spiro atoms. The standard InChI is InChI=1S/C17H22N2O2S/c1-3-14(15-18-11-12-22-15)19-16(20)17(2,21)10-9-13-7-5-4-6-8-13/h4-8,11-12,14,21H,3,9-10H2,1-2H3,(H,19,20)/t14-,17+/m1/s1. The smallest absolute Gasteiger partial charge is 0.252 e. The number of thiazole rings is 1. The molecule has 2 aromatic rings. The number of hydrogen-bond acceptors (Lipinski definition) is 4. The highest BCUT2D eigenvalue weighted by Crippen LogP contribution is 2.21. The first kappa shape index (κ1) is 16.6. The Kier molecular flexibility index (Phi) is 5.69. The van der Waals surface area contributed by atoms with E-state index in [1.165, 1.54) is 11.3 Å². The molecule has 1 aromatic carbocycles. The fourth-order valence-electron chi connectivity index (χ4n) is 2.20. The van der Waals surface area contributed by atoms with E-state index in [-0.39, 0.29) is 11.9 Å². The third-order valence-electron chi connectivity index (χ3n) is 3.70. The summed E-state index contributed by atoms with van der Waals surface area (Å²) in [5, 5.41) is 16.1. The fraction of sp³-hybridized carbons (Fsp3) is 0.412. The van der Waals surface area contributed by atoms with Gasteiger partial charge >= 0.3 is 0 Å². The zero-order valence-corrected chi connectivity index (χ0v) is 13.8. The molecule has 2 N–H and O–H groups in total. The average Bonchev–Trinajstić information content (AvgIpc) is 3.05. The van der Waals surface area contributed by atoms with Crippen LogP contribution in [-0.4, -0.2) is 21.6 Å². The lowest BCUT2D eigenvalue weighted by atomic mass is 9.95. The number of aryl methyl sites for hydroxylation is 1. The highest BCUT2D eigenvalue weighted by atomic mass is 32.1. The summed E-state index contributed by atoms with van der Waals surface area (Å²) in [7, 11) is 0. The van der Waals surface area contributed by atoms with Crippen LogP contribution in [0.25, 0.3) is 0 Å². The Balaban J connectivity index is 1.94. The number of nitrogens with zero attached hydrogens (tertiary/aromatic N) is 1. The Morgan fingerprint density at radius 3 is 2.73 bits per heavy atom. The Morgan fingerprint density at radius 2 is 2.14 bits per heavy atom. The molecule has 1 amide bonds. The topological polar surface area (TPSA) is 62.2 Å². The van der Waals surface area contributed by atoms with Gasteiger partial charge in [0.15, 0.2) is 0 Å². The van der Waals surface area contributed by atoms with E-state index in [1.807, 2.05) is 42.6 Å². The maximum absolute atomic E-state index is 12.4. The van der Waals surface area contributed by atoms with Gasteiger partial charge in [0.2, 0.25) is 0 Å². The van der Waals surface area contributed by atoms with Crippen molar-refractivity contribution in [1.82, 2.24) is 10.3 Å². The van der Waals surface area contributed by atoms with Crippen molar-refractivity contribution in [3.63, 3.8) is 0 Å². The Bertz CT molecular complexity index is 582. The second-order valence-electron chi connectivity index (χ2n) is 5.56. The number of carbonyl (C=O) groups is 1.